The summed E-state index contributed by atoms with van der Waals surface area (Å²) in [7, 11) is 0. The first-order valence-corrected chi connectivity index (χ1v) is 5.60. The molecule has 0 bridgehead atoms. The number of nitrogens with zero attached hydrogens (tertiary/aromatic N) is 3. The third-order valence-corrected chi connectivity index (χ3v) is 3.25. The molecule has 0 aliphatic heterocycles. The zero-order valence-corrected chi connectivity index (χ0v) is 10.4. The Balaban J connectivity index is 2.39. The Labute approximate surface area is 101 Å². The van der Waals surface area contributed by atoms with Crippen LogP contribution in [0.3, 0.4) is 0 Å². The van der Waals surface area contributed by atoms with Gasteiger partial charge in [0.2, 0.25) is 0 Å². The molecule has 2 aromatic rings. The van der Waals surface area contributed by atoms with Gasteiger partial charge >= 0.3 is 0 Å². The quantitative estimate of drug-likeness (QED) is 0.788. The van der Waals surface area contributed by atoms with Gasteiger partial charge in [-0.05, 0) is 38.0 Å². The van der Waals surface area contributed by atoms with E-state index in [0.29, 0.717) is 12.2 Å². The van der Waals surface area contributed by atoms with Crippen LogP contribution in [0, 0.1) is 32.1 Å². The van der Waals surface area contributed by atoms with Crippen LogP contribution in [0.15, 0.2) is 24.5 Å². The van der Waals surface area contributed by atoms with Crippen molar-refractivity contribution in [1.29, 1.82) is 5.26 Å². The van der Waals surface area contributed by atoms with Crippen molar-refractivity contribution in [1.82, 2.24) is 9.55 Å². The largest absolute Gasteiger partial charge is 0.347 e. The maximum Gasteiger partial charge on any atom is 0.145 e. The molecule has 0 fully saturated rings. The van der Waals surface area contributed by atoms with Gasteiger partial charge in [0.1, 0.15) is 11.8 Å². The number of pyridine rings is 1. The molecular formula is C14H15N3. The molecule has 0 amide bonds. The molecule has 3 nitrogen and oxygen atoms in total. The first-order chi connectivity index (χ1) is 8.13. The van der Waals surface area contributed by atoms with Gasteiger partial charge in [0, 0.05) is 23.7 Å². The molecule has 0 aliphatic carbocycles. The lowest BCUT2D eigenvalue weighted by Gasteiger charge is -2.07. The van der Waals surface area contributed by atoms with Crippen molar-refractivity contribution in [3.63, 3.8) is 0 Å². The van der Waals surface area contributed by atoms with Crippen molar-refractivity contribution in [2.24, 2.45) is 0 Å². The number of aromatic nitrogens is 2. The highest BCUT2D eigenvalue weighted by atomic mass is 15.0. The highest BCUT2D eigenvalue weighted by molar-refractivity contribution is 5.34. The molecule has 2 aromatic heterocycles. The third kappa shape index (κ3) is 2.07. The first-order valence-electron chi connectivity index (χ1n) is 5.60. The first kappa shape index (κ1) is 11.4. The van der Waals surface area contributed by atoms with Crippen molar-refractivity contribution in [3.05, 3.63) is 52.6 Å². The Morgan fingerprint density at radius 2 is 2.12 bits per heavy atom. The van der Waals surface area contributed by atoms with Gasteiger partial charge in [0.05, 0.1) is 6.54 Å². The van der Waals surface area contributed by atoms with Gasteiger partial charge in [-0.25, -0.2) is 4.98 Å². The van der Waals surface area contributed by atoms with Gasteiger partial charge < -0.3 is 4.57 Å². The van der Waals surface area contributed by atoms with E-state index in [9.17, 15) is 0 Å². The van der Waals surface area contributed by atoms with Gasteiger partial charge in [0.25, 0.3) is 0 Å². The van der Waals surface area contributed by atoms with E-state index >= 15 is 0 Å². The van der Waals surface area contributed by atoms with Crippen molar-refractivity contribution in [3.8, 4) is 6.07 Å². The summed E-state index contributed by atoms with van der Waals surface area (Å²) in [6.45, 7) is 7.03. The fourth-order valence-electron chi connectivity index (χ4n) is 1.94. The van der Waals surface area contributed by atoms with Crippen molar-refractivity contribution in [2.45, 2.75) is 27.3 Å². The summed E-state index contributed by atoms with van der Waals surface area (Å²) in [5.41, 5.74) is 5.32. The van der Waals surface area contributed by atoms with Crippen LogP contribution in [-0.2, 0) is 6.54 Å². The van der Waals surface area contributed by atoms with Crippen LogP contribution in [0.5, 0.6) is 0 Å². The average Bonchev–Trinajstić information content (AvgIpc) is 2.58. The molecule has 17 heavy (non-hydrogen) atoms. The lowest BCUT2D eigenvalue weighted by molar-refractivity contribution is 0.766. The monoisotopic (exact) mass is 225 g/mol. The summed E-state index contributed by atoms with van der Waals surface area (Å²) < 4.78 is 2.17. The fourth-order valence-corrected chi connectivity index (χ4v) is 1.94. The van der Waals surface area contributed by atoms with Gasteiger partial charge in [-0.2, -0.15) is 5.26 Å². The zero-order chi connectivity index (χ0) is 12.4. The van der Waals surface area contributed by atoms with E-state index in [0.717, 1.165) is 5.56 Å². The summed E-state index contributed by atoms with van der Waals surface area (Å²) in [4.78, 5) is 4.08. The molecule has 0 aromatic carbocycles. The summed E-state index contributed by atoms with van der Waals surface area (Å²) in [6.07, 6.45) is 3.78. The molecule has 3 heteroatoms. The van der Waals surface area contributed by atoms with Crippen LogP contribution >= 0.6 is 0 Å². The minimum absolute atomic E-state index is 0.510. The predicted octanol–water partition coefficient (Wildman–Crippen LogP) is 2.73. The summed E-state index contributed by atoms with van der Waals surface area (Å²) >= 11 is 0. The number of hydrogen-bond acceptors (Lipinski definition) is 2. The van der Waals surface area contributed by atoms with Crippen LogP contribution in [0.25, 0.3) is 0 Å². The Morgan fingerprint density at radius 1 is 1.35 bits per heavy atom. The molecule has 0 aliphatic rings. The molecule has 2 heterocycles. The Morgan fingerprint density at radius 3 is 2.71 bits per heavy atom. The third-order valence-electron chi connectivity index (χ3n) is 3.25. The lowest BCUT2D eigenvalue weighted by atomic mass is 10.2. The Bertz CT molecular complexity index is 588. The van der Waals surface area contributed by atoms with Crippen LogP contribution in [0.1, 0.15) is 28.1 Å². The van der Waals surface area contributed by atoms with Gasteiger partial charge in [-0.1, -0.05) is 6.07 Å². The van der Waals surface area contributed by atoms with E-state index in [2.05, 4.69) is 42.6 Å². The van der Waals surface area contributed by atoms with Crippen molar-refractivity contribution in [2.75, 3.05) is 0 Å². The molecule has 0 N–H and O–H groups in total. The SMILES string of the molecule is Cc1cn(Cc2cccnc2C#N)c(C)c1C. The van der Waals surface area contributed by atoms with E-state index in [1.807, 2.05) is 12.1 Å². The van der Waals surface area contributed by atoms with E-state index in [-0.39, 0.29) is 0 Å². The average molecular weight is 225 g/mol. The van der Waals surface area contributed by atoms with Gasteiger partial charge in [-0.15, -0.1) is 0 Å². The molecule has 86 valence electrons. The molecule has 0 saturated heterocycles. The highest BCUT2D eigenvalue weighted by Gasteiger charge is 2.08. The summed E-state index contributed by atoms with van der Waals surface area (Å²) in [5, 5.41) is 9.00. The predicted molar refractivity (Wildman–Crippen MR) is 66.7 cm³/mol. The molecule has 0 radical (unpaired) electrons. The second-order valence-corrected chi connectivity index (χ2v) is 4.27. The maximum atomic E-state index is 9.00. The summed E-state index contributed by atoms with van der Waals surface area (Å²) in [6, 6.07) is 5.96. The second kappa shape index (κ2) is 4.42. The van der Waals surface area contributed by atoms with Crippen LogP contribution in [-0.4, -0.2) is 9.55 Å². The molecule has 0 spiro atoms. The van der Waals surface area contributed by atoms with Gasteiger partial charge in [0.15, 0.2) is 0 Å². The number of nitriles is 1. The standard InChI is InChI=1S/C14H15N3/c1-10-8-17(12(3)11(10)2)9-13-5-4-6-16-14(13)7-15/h4-6,8H,9H2,1-3H3. The van der Waals surface area contributed by atoms with E-state index in [1.165, 1.54) is 16.8 Å². The van der Waals surface area contributed by atoms with E-state index in [1.54, 1.807) is 6.20 Å². The molecule has 0 saturated carbocycles. The minimum atomic E-state index is 0.510. The molecule has 0 atom stereocenters. The number of rotatable bonds is 2. The van der Waals surface area contributed by atoms with Gasteiger partial charge in [-0.3, -0.25) is 0 Å². The topological polar surface area (TPSA) is 41.6 Å². The van der Waals surface area contributed by atoms with Crippen molar-refractivity contribution >= 4 is 0 Å². The summed E-state index contributed by atoms with van der Waals surface area (Å²) in [5.74, 6) is 0. The number of aryl methyl sites for hydroxylation is 1. The Kier molecular flexibility index (Phi) is 2.97. The smallest absolute Gasteiger partial charge is 0.145 e. The number of hydrogen-bond donors (Lipinski definition) is 0. The van der Waals surface area contributed by atoms with E-state index < -0.39 is 0 Å². The molecular weight excluding hydrogens is 210 g/mol. The normalized spacial score (nSPS) is 10.2. The molecule has 2 rings (SSSR count). The van der Waals surface area contributed by atoms with Crippen LogP contribution in [0.2, 0.25) is 0 Å². The maximum absolute atomic E-state index is 9.00. The van der Waals surface area contributed by atoms with E-state index in [4.69, 9.17) is 5.26 Å². The molecule has 0 unspecified atom stereocenters. The van der Waals surface area contributed by atoms with Crippen molar-refractivity contribution < 1.29 is 0 Å². The van der Waals surface area contributed by atoms with Crippen LogP contribution < -0.4 is 0 Å². The lowest BCUT2D eigenvalue weighted by Crippen LogP contribution is -2.03. The van der Waals surface area contributed by atoms with Crippen LogP contribution in [0.4, 0.5) is 0 Å². The fraction of sp³-hybridized carbons (Fsp3) is 0.286. The highest BCUT2D eigenvalue weighted by Crippen LogP contribution is 2.17. The minimum Gasteiger partial charge on any atom is -0.347 e. The zero-order valence-electron chi connectivity index (χ0n) is 10.4. The second-order valence-electron chi connectivity index (χ2n) is 4.27. The Hall–Kier alpha value is -2.08.